The SMILES string of the molecule is Cc1cccc(NC(=O)c2nc[nH]c2C(=O)N[C@@H](C)c2ccccc2)c1. The highest BCUT2D eigenvalue weighted by Crippen LogP contribution is 2.15. The molecule has 26 heavy (non-hydrogen) atoms. The number of benzene rings is 2. The lowest BCUT2D eigenvalue weighted by atomic mass is 10.1. The van der Waals surface area contributed by atoms with Crippen molar-refractivity contribution < 1.29 is 9.59 Å². The molecule has 0 aliphatic heterocycles. The molecular weight excluding hydrogens is 328 g/mol. The number of anilines is 1. The molecule has 0 bridgehead atoms. The van der Waals surface area contributed by atoms with Crippen LogP contribution in [-0.4, -0.2) is 21.8 Å². The van der Waals surface area contributed by atoms with Crippen LogP contribution in [0.3, 0.4) is 0 Å². The van der Waals surface area contributed by atoms with Gasteiger partial charge in [0, 0.05) is 5.69 Å². The first-order chi connectivity index (χ1) is 12.5. The molecule has 2 amide bonds. The van der Waals surface area contributed by atoms with Gasteiger partial charge in [-0.05, 0) is 37.1 Å². The van der Waals surface area contributed by atoms with E-state index in [1.807, 2.05) is 62.4 Å². The van der Waals surface area contributed by atoms with Gasteiger partial charge in [0.2, 0.25) is 0 Å². The molecule has 0 aliphatic carbocycles. The van der Waals surface area contributed by atoms with E-state index in [2.05, 4.69) is 20.6 Å². The Morgan fingerprint density at radius 1 is 1.04 bits per heavy atom. The lowest BCUT2D eigenvalue weighted by Crippen LogP contribution is -2.29. The van der Waals surface area contributed by atoms with Gasteiger partial charge in [-0.15, -0.1) is 0 Å². The molecule has 6 nitrogen and oxygen atoms in total. The van der Waals surface area contributed by atoms with Crippen LogP contribution in [-0.2, 0) is 0 Å². The molecule has 2 aromatic carbocycles. The molecular formula is C20H20N4O2. The Labute approximate surface area is 151 Å². The van der Waals surface area contributed by atoms with Crippen LogP contribution in [0.1, 0.15) is 45.1 Å². The topological polar surface area (TPSA) is 86.9 Å². The number of hydrogen-bond donors (Lipinski definition) is 3. The van der Waals surface area contributed by atoms with E-state index < -0.39 is 5.91 Å². The molecule has 1 aromatic heterocycles. The van der Waals surface area contributed by atoms with E-state index in [1.54, 1.807) is 6.07 Å². The Hall–Kier alpha value is -3.41. The number of aryl methyl sites for hydroxylation is 1. The number of aromatic nitrogens is 2. The van der Waals surface area contributed by atoms with Gasteiger partial charge >= 0.3 is 0 Å². The minimum absolute atomic E-state index is 0.0595. The number of rotatable bonds is 5. The Morgan fingerprint density at radius 2 is 1.81 bits per heavy atom. The minimum Gasteiger partial charge on any atom is -0.344 e. The Balaban J connectivity index is 1.73. The number of H-pyrrole nitrogens is 1. The summed E-state index contributed by atoms with van der Waals surface area (Å²) in [5, 5.41) is 5.64. The quantitative estimate of drug-likeness (QED) is 0.660. The van der Waals surface area contributed by atoms with Crippen LogP contribution in [0.5, 0.6) is 0 Å². The molecule has 3 rings (SSSR count). The van der Waals surface area contributed by atoms with Crippen molar-refractivity contribution in [1.82, 2.24) is 15.3 Å². The second-order valence-corrected chi connectivity index (χ2v) is 6.06. The third-order valence-electron chi connectivity index (χ3n) is 4.00. The van der Waals surface area contributed by atoms with E-state index in [0.717, 1.165) is 11.1 Å². The summed E-state index contributed by atoms with van der Waals surface area (Å²) >= 11 is 0. The van der Waals surface area contributed by atoms with Gasteiger partial charge < -0.3 is 15.6 Å². The van der Waals surface area contributed by atoms with E-state index in [9.17, 15) is 9.59 Å². The molecule has 1 atom stereocenters. The number of imidazole rings is 1. The fourth-order valence-electron chi connectivity index (χ4n) is 2.65. The Bertz CT molecular complexity index is 918. The molecule has 0 unspecified atom stereocenters. The number of amides is 2. The highest BCUT2D eigenvalue weighted by Gasteiger charge is 2.22. The van der Waals surface area contributed by atoms with Crippen molar-refractivity contribution in [2.75, 3.05) is 5.32 Å². The zero-order valence-corrected chi connectivity index (χ0v) is 14.6. The molecule has 0 saturated carbocycles. The first-order valence-electron chi connectivity index (χ1n) is 8.32. The van der Waals surface area contributed by atoms with Crippen LogP contribution < -0.4 is 10.6 Å². The monoisotopic (exact) mass is 348 g/mol. The summed E-state index contributed by atoms with van der Waals surface area (Å²) in [5.41, 5.74) is 2.86. The molecule has 0 radical (unpaired) electrons. The molecule has 0 saturated heterocycles. The van der Waals surface area contributed by atoms with Gasteiger partial charge in [-0.25, -0.2) is 4.98 Å². The molecule has 3 aromatic rings. The largest absolute Gasteiger partial charge is 0.344 e. The number of carbonyl (C=O) groups excluding carboxylic acids is 2. The predicted molar refractivity (Wildman–Crippen MR) is 100 cm³/mol. The maximum absolute atomic E-state index is 12.6. The first kappa shape index (κ1) is 17.4. The van der Waals surface area contributed by atoms with Crippen LogP contribution in [0, 0.1) is 6.92 Å². The summed E-state index contributed by atoms with van der Waals surface area (Å²) < 4.78 is 0. The molecule has 3 N–H and O–H groups in total. The summed E-state index contributed by atoms with van der Waals surface area (Å²) in [5.74, 6) is -0.817. The van der Waals surface area contributed by atoms with Crippen molar-refractivity contribution >= 4 is 17.5 Å². The summed E-state index contributed by atoms with van der Waals surface area (Å²) in [6.45, 7) is 3.82. The van der Waals surface area contributed by atoms with E-state index in [1.165, 1.54) is 6.33 Å². The highest BCUT2D eigenvalue weighted by molar-refractivity contribution is 6.10. The van der Waals surface area contributed by atoms with E-state index in [4.69, 9.17) is 0 Å². The maximum atomic E-state index is 12.6. The van der Waals surface area contributed by atoms with Gasteiger partial charge in [-0.3, -0.25) is 9.59 Å². The van der Waals surface area contributed by atoms with Crippen molar-refractivity contribution in [1.29, 1.82) is 0 Å². The summed E-state index contributed by atoms with van der Waals surface area (Å²) in [6, 6.07) is 16.8. The van der Waals surface area contributed by atoms with Crippen molar-refractivity contribution in [3.63, 3.8) is 0 Å². The summed E-state index contributed by atoms with van der Waals surface area (Å²) in [6.07, 6.45) is 1.34. The van der Waals surface area contributed by atoms with Crippen LogP contribution >= 0.6 is 0 Å². The van der Waals surface area contributed by atoms with Gasteiger partial charge in [0.1, 0.15) is 5.69 Å². The Kier molecular flexibility index (Phi) is 5.12. The zero-order chi connectivity index (χ0) is 18.5. The fourth-order valence-corrected chi connectivity index (χ4v) is 2.65. The Morgan fingerprint density at radius 3 is 2.54 bits per heavy atom. The number of hydrogen-bond acceptors (Lipinski definition) is 3. The molecule has 0 fully saturated rings. The van der Waals surface area contributed by atoms with Crippen molar-refractivity contribution in [3.8, 4) is 0 Å². The van der Waals surface area contributed by atoms with Gasteiger partial charge in [0.25, 0.3) is 11.8 Å². The third kappa shape index (κ3) is 3.97. The van der Waals surface area contributed by atoms with E-state index >= 15 is 0 Å². The second-order valence-electron chi connectivity index (χ2n) is 6.06. The molecule has 132 valence electrons. The van der Waals surface area contributed by atoms with Crippen LogP contribution in [0.25, 0.3) is 0 Å². The number of aromatic amines is 1. The number of nitrogens with one attached hydrogen (secondary N) is 3. The van der Waals surface area contributed by atoms with E-state index in [-0.39, 0.29) is 23.3 Å². The number of carbonyl (C=O) groups is 2. The molecule has 1 heterocycles. The normalized spacial score (nSPS) is 11.6. The lowest BCUT2D eigenvalue weighted by molar-refractivity contribution is 0.0923. The van der Waals surface area contributed by atoms with Gasteiger partial charge in [0.15, 0.2) is 5.69 Å². The van der Waals surface area contributed by atoms with Crippen LogP contribution in [0.2, 0.25) is 0 Å². The van der Waals surface area contributed by atoms with Gasteiger partial charge in [-0.2, -0.15) is 0 Å². The van der Waals surface area contributed by atoms with Crippen molar-refractivity contribution in [3.05, 3.63) is 83.4 Å². The average Bonchev–Trinajstić information content (AvgIpc) is 3.12. The second kappa shape index (κ2) is 7.65. The average molecular weight is 348 g/mol. The van der Waals surface area contributed by atoms with Crippen molar-refractivity contribution in [2.24, 2.45) is 0 Å². The third-order valence-corrected chi connectivity index (χ3v) is 4.00. The minimum atomic E-state index is -0.436. The standard InChI is InChI=1S/C20H20N4O2/c1-13-7-6-10-16(11-13)24-20(26)18-17(21-12-22-18)19(25)23-14(2)15-8-4-3-5-9-15/h3-12,14H,1-2H3,(H,21,22)(H,23,25)(H,24,26)/t14-/m0/s1. The molecule has 6 heteroatoms. The smallest absolute Gasteiger partial charge is 0.276 e. The predicted octanol–water partition coefficient (Wildman–Crippen LogP) is 3.46. The highest BCUT2D eigenvalue weighted by atomic mass is 16.2. The number of nitrogens with zero attached hydrogens (tertiary/aromatic N) is 1. The van der Waals surface area contributed by atoms with Crippen molar-refractivity contribution in [2.45, 2.75) is 19.9 Å². The lowest BCUT2D eigenvalue weighted by Gasteiger charge is -2.14. The summed E-state index contributed by atoms with van der Waals surface area (Å²) in [4.78, 5) is 31.8. The van der Waals surface area contributed by atoms with Gasteiger partial charge in [0.05, 0.1) is 12.4 Å². The van der Waals surface area contributed by atoms with E-state index in [0.29, 0.717) is 5.69 Å². The molecule has 0 aliphatic rings. The zero-order valence-electron chi connectivity index (χ0n) is 14.6. The maximum Gasteiger partial charge on any atom is 0.276 e. The summed E-state index contributed by atoms with van der Waals surface area (Å²) in [7, 11) is 0. The van der Waals surface area contributed by atoms with Crippen LogP contribution in [0.15, 0.2) is 60.9 Å². The molecule has 0 spiro atoms. The van der Waals surface area contributed by atoms with Gasteiger partial charge in [-0.1, -0.05) is 42.5 Å². The fraction of sp³-hybridized carbons (Fsp3) is 0.150. The van der Waals surface area contributed by atoms with Crippen LogP contribution in [0.4, 0.5) is 5.69 Å². The first-order valence-corrected chi connectivity index (χ1v) is 8.32.